The summed E-state index contributed by atoms with van der Waals surface area (Å²) in [5.74, 6) is 0.481. The summed E-state index contributed by atoms with van der Waals surface area (Å²) < 4.78 is 19.0. The second-order valence-electron chi connectivity index (χ2n) is 5.43. The molecule has 2 N–H and O–H groups in total. The Morgan fingerprint density at radius 1 is 1.14 bits per heavy atom. The van der Waals surface area contributed by atoms with Gasteiger partial charge in [0, 0.05) is 18.7 Å². The lowest BCUT2D eigenvalue weighted by molar-refractivity contribution is 0.0277. The molecule has 0 spiro atoms. The number of hydrogen-bond donors (Lipinski definition) is 2. The van der Waals surface area contributed by atoms with Gasteiger partial charge in [0.2, 0.25) is 0 Å². The number of ether oxygens (including phenoxy) is 1. The van der Waals surface area contributed by atoms with Crippen molar-refractivity contribution in [3.63, 3.8) is 0 Å². The van der Waals surface area contributed by atoms with E-state index in [1.807, 2.05) is 12.1 Å². The first kappa shape index (κ1) is 13.4. The predicted octanol–water partition coefficient (Wildman–Crippen LogP) is 3.03. The summed E-state index contributed by atoms with van der Waals surface area (Å²) in [5.41, 5.74) is 3.60. The number of aromatic amines is 1. The standard InChI is InChI=1S/C17H16FN3O/c18-13-5-6-14-15(9-13)21-17(20-14)12-3-1-11(2-4-12)16-10-19-7-8-22-16/h1-6,9,16,19H,7-8,10H2,(H,20,21)/t16-/m1/s1. The number of benzene rings is 2. The van der Waals surface area contributed by atoms with Crippen LogP contribution in [-0.2, 0) is 4.74 Å². The zero-order valence-corrected chi connectivity index (χ0v) is 12.0. The Bertz CT molecular complexity index is 791. The molecule has 3 aromatic rings. The van der Waals surface area contributed by atoms with Gasteiger partial charge in [0.25, 0.3) is 0 Å². The molecule has 1 saturated heterocycles. The summed E-state index contributed by atoms with van der Waals surface area (Å²) in [5, 5.41) is 3.32. The molecule has 112 valence electrons. The van der Waals surface area contributed by atoms with Crippen LogP contribution in [0.5, 0.6) is 0 Å². The molecule has 0 amide bonds. The third kappa shape index (κ3) is 2.49. The zero-order chi connectivity index (χ0) is 14.9. The minimum absolute atomic E-state index is 0.104. The van der Waals surface area contributed by atoms with Crippen molar-refractivity contribution in [2.75, 3.05) is 19.7 Å². The van der Waals surface area contributed by atoms with Crippen LogP contribution in [0.25, 0.3) is 22.4 Å². The van der Waals surface area contributed by atoms with Crippen LogP contribution in [0.1, 0.15) is 11.7 Å². The first-order valence-corrected chi connectivity index (χ1v) is 7.37. The normalized spacial score (nSPS) is 18.7. The van der Waals surface area contributed by atoms with Crippen molar-refractivity contribution in [2.24, 2.45) is 0 Å². The number of H-pyrrole nitrogens is 1. The van der Waals surface area contributed by atoms with Crippen LogP contribution in [0, 0.1) is 5.82 Å². The number of nitrogens with one attached hydrogen (secondary N) is 2. The van der Waals surface area contributed by atoms with Gasteiger partial charge in [-0.25, -0.2) is 9.37 Å². The van der Waals surface area contributed by atoms with Gasteiger partial charge in [-0.1, -0.05) is 24.3 Å². The molecule has 1 aromatic heterocycles. The first-order chi connectivity index (χ1) is 10.8. The van der Waals surface area contributed by atoms with Crippen molar-refractivity contribution in [1.82, 2.24) is 15.3 Å². The molecule has 1 atom stereocenters. The van der Waals surface area contributed by atoms with Crippen LogP contribution in [-0.4, -0.2) is 29.7 Å². The van der Waals surface area contributed by atoms with Gasteiger partial charge in [0.05, 0.1) is 23.7 Å². The van der Waals surface area contributed by atoms with E-state index in [0.29, 0.717) is 5.52 Å². The summed E-state index contributed by atoms with van der Waals surface area (Å²) in [4.78, 5) is 7.66. The third-order valence-electron chi connectivity index (χ3n) is 3.93. The van der Waals surface area contributed by atoms with E-state index >= 15 is 0 Å². The topological polar surface area (TPSA) is 49.9 Å². The van der Waals surface area contributed by atoms with Gasteiger partial charge in [-0.2, -0.15) is 0 Å². The molecule has 1 fully saturated rings. The van der Waals surface area contributed by atoms with Crippen LogP contribution < -0.4 is 5.32 Å². The quantitative estimate of drug-likeness (QED) is 0.764. The van der Waals surface area contributed by atoms with Crippen molar-refractivity contribution >= 4 is 11.0 Å². The summed E-state index contributed by atoms with van der Waals surface area (Å²) >= 11 is 0. The molecular formula is C17H16FN3O. The largest absolute Gasteiger partial charge is 0.371 e. The number of fused-ring (bicyclic) bond motifs is 1. The fourth-order valence-corrected chi connectivity index (χ4v) is 2.75. The van der Waals surface area contributed by atoms with Gasteiger partial charge in [0.15, 0.2) is 0 Å². The van der Waals surface area contributed by atoms with E-state index < -0.39 is 0 Å². The van der Waals surface area contributed by atoms with Gasteiger partial charge in [-0.15, -0.1) is 0 Å². The van der Waals surface area contributed by atoms with Gasteiger partial charge < -0.3 is 15.0 Å². The van der Waals surface area contributed by atoms with E-state index in [9.17, 15) is 4.39 Å². The van der Waals surface area contributed by atoms with E-state index in [2.05, 4.69) is 27.4 Å². The Hall–Kier alpha value is -2.24. The van der Waals surface area contributed by atoms with Crippen LogP contribution in [0.3, 0.4) is 0 Å². The van der Waals surface area contributed by atoms with Gasteiger partial charge in [-0.05, 0) is 23.8 Å². The molecule has 22 heavy (non-hydrogen) atoms. The molecule has 4 nitrogen and oxygen atoms in total. The van der Waals surface area contributed by atoms with Crippen molar-refractivity contribution in [3.05, 3.63) is 53.8 Å². The second-order valence-corrected chi connectivity index (χ2v) is 5.43. The van der Waals surface area contributed by atoms with Gasteiger partial charge in [-0.3, -0.25) is 0 Å². The minimum atomic E-state index is -0.264. The number of hydrogen-bond acceptors (Lipinski definition) is 3. The maximum atomic E-state index is 13.2. The van der Waals surface area contributed by atoms with Crippen LogP contribution in [0.2, 0.25) is 0 Å². The molecule has 1 aliphatic heterocycles. The Labute approximate surface area is 127 Å². The fourth-order valence-electron chi connectivity index (χ4n) is 2.75. The lowest BCUT2D eigenvalue weighted by atomic mass is 10.1. The first-order valence-electron chi connectivity index (χ1n) is 7.37. The molecule has 0 unspecified atom stereocenters. The Morgan fingerprint density at radius 2 is 2.00 bits per heavy atom. The molecule has 5 heteroatoms. The lowest BCUT2D eigenvalue weighted by Gasteiger charge is -2.24. The maximum absolute atomic E-state index is 13.2. The molecule has 2 aromatic carbocycles. The van der Waals surface area contributed by atoms with E-state index in [1.165, 1.54) is 12.1 Å². The van der Waals surface area contributed by atoms with Crippen LogP contribution >= 0.6 is 0 Å². The van der Waals surface area contributed by atoms with Crippen molar-refractivity contribution in [1.29, 1.82) is 0 Å². The van der Waals surface area contributed by atoms with E-state index in [1.54, 1.807) is 6.07 Å². The number of nitrogens with zero attached hydrogens (tertiary/aromatic N) is 1. The molecular weight excluding hydrogens is 281 g/mol. The van der Waals surface area contributed by atoms with Gasteiger partial charge in [0.1, 0.15) is 11.6 Å². The van der Waals surface area contributed by atoms with E-state index in [0.717, 1.165) is 42.2 Å². The number of rotatable bonds is 2. The summed E-state index contributed by atoms with van der Waals surface area (Å²) in [6, 6.07) is 12.7. The summed E-state index contributed by atoms with van der Waals surface area (Å²) in [7, 11) is 0. The molecule has 1 aliphatic rings. The Morgan fingerprint density at radius 3 is 2.77 bits per heavy atom. The minimum Gasteiger partial charge on any atom is -0.371 e. The monoisotopic (exact) mass is 297 g/mol. The second kappa shape index (κ2) is 5.51. The highest BCUT2D eigenvalue weighted by atomic mass is 19.1. The molecule has 0 aliphatic carbocycles. The van der Waals surface area contributed by atoms with Crippen LogP contribution in [0.15, 0.2) is 42.5 Å². The van der Waals surface area contributed by atoms with Crippen molar-refractivity contribution < 1.29 is 9.13 Å². The molecule has 0 saturated carbocycles. The number of imidazole rings is 1. The number of morpholine rings is 1. The van der Waals surface area contributed by atoms with Crippen molar-refractivity contribution in [3.8, 4) is 11.4 Å². The SMILES string of the molecule is Fc1ccc2nc(-c3ccc([C@H]4CNCCO4)cc3)[nH]c2c1. The molecule has 0 radical (unpaired) electrons. The molecule has 2 heterocycles. The Kier molecular flexibility index (Phi) is 3.36. The lowest BCUT2D eigenvalue weighted by Crippen LogP contribution is -2.33. The zero-order valence-electron chi connectivity index (χ0n) is 12.0. The van der Waals surface area contributed by atoms with E-state index in [4.69, 9.17) is 4.74 Å². The molecule has 0 bridgehead atoms. The molecule has 4 rings (SSSR count). The number of halogens is 1. The highest BCUT2D eigenvalue weighted by Crippen LogP contribution is 2.24. The highest BCUT2D eigenvalue weighted by Gasteiger charge is 2.15. The number of aromatic nitrogens is 2. The van der Waals surface area contributed by atoms with Gasteiger partial charge >= 0.3 is 0 Å². The smallest absolute Gasteiger partial charge is 0.138 e. The summed E-state index contributed by atoms with van der Waals surface area (Å²) in [6.07, 6.45) is 0.104. The maximum Gasteiger partial charge on any atom is 0.138 e. The third-order valence-corrected chi connectivity index (χ3v) is 3.93. The van der Waals surface area contributed by atoms with Crippen LogP contribution in [0.4, 0.5) is 4.39 Å². The summed E-state index contributed by atoms with van der Waals surface area (Å²) in [6.45, 7) is 2.48. The average molecular weight is 297 g/mol. The fraction of sp³-hybridized carbons (Fsp3) is 0.235. The van der Waals surface area contributed by atoms with E-state index in [-0.39, 0.29) is 11.9 Å². The Balaban J connectivity index is 1.63. The van der Waals surface area contributed by atoms with Crippen molar-refractivity contribution in [2.45, 2.75) is 6.10 Å². The average Bonchev–Trinajstić information content (AvgIpc) is 2.99. The highest BCUT2D eigenvalue weighted by molar-refractivity contribution is 5.79. The predicted molar refractivity (Wildman–Crippen MR) is 83.1 cm³/mol.